The number of hydrogen-bond acceptors (Lipinski definition) is 6. The molecule has 3 atom stereocenters. The smallest absolute Gasteiger partial charge is 0.326 e. The summed E-state index contributed by atoms with van der Waals surface area (Å²) in [5, 5.41) is 26.7. The number of nitrogens with one attached hydrogen (secondary N) is 3. The summed E-state index contributed by atoms with van der Waals surface area (Å²) in [6, 6.07) is 3.65. The van der Waals surface area contributed by atoms with Crippen LogP contribution in [0.3, 0.4) is 0 Å². The van der Waals surface area contributed by atoms with Crippen molar-refractivity contribution in [2.24, 2.45) is 0 Å². The molecule has 1 aliphatic heterocycles. The van der Waals surface area contributed by atoms with Gasteiger partial charge < -0.3 is 26.2 Å². The van der Waals surface area contributed by atoms with E-state index >= 15 is 0 Å². The van der Waals surface area contributed by atoms with Crippen LogP contribution < -0.4 is 16.0 Å². The molecule has 1 aliphatic rings. The van der Waals surface area contributed by atoms with Crippen LogP contribution in [0.2, 0.25) is 0 Å². The Bertz CT molecular complexity index is 646. The van der Waals surface area contributed by atoms with Gasteiger partial charge >= 0.3 is 5.97 Å². The minimum Gasteiger partial charge on any atom is -0.508 e. The van der Waals surface area contributed by atoms with E-state index in [1.807, 2.05) is 0 Å². The Hall–Kier alpha value is -2.26. The molecule has 0 radical (unpaired) electrons. The van der Waals surface area contributed by atoms with Crippen molar-refractivity contribution in [3.05, 3.63) is 29.8 Å². The summed E-state index contributed by atoms with van der Waals surface area (Å²) >= 11 is 4.09. The Morgan fingerprint density at radius 2 is 1.88 bits per heavy atom. The molecule has 26 heavy (non-hydrogen) atoms. The molecule has 8 nitrogen and oxygen atoms in total. The van der Waals surface area contributed by atoms with Crippen molar-refractivity contribution >= 4 is 30.4 Å². The second-order valence-corrected chi connectivity index (χ2v) is 6.53. The van der Waals surface area contributed by atoms with Gasteiger partial charge in [0.05, 0.1) is 6.04 Å². The summed E-state index contributed by atoms with van der Waals surface area (Å²) in [6.45, 7) is 0.754. The van der Waals surface area contributed by atoms with Crippen LogP contribution >= 0.6 is 12.6 Å². The van der Waals surface area contributed by atoms with E-state index in [4.69, 9.17) is 0 Å². The van der Waals surface area contributed by atoms with Crippen molar-refractivity contribution < 1.29 is 24.6 Å². The zero-order valence-corrected chi connectivity index (χ0v) is 15.0. The van der Waals surface area contributed by atoms with Crippen LogP contribution in [0.5, 0.6) is 5.75 Å². The van der Waals surface area contributed by atoms with Crippen molar-refractivity contribution in [3.63, 3.8) is 0 Å². The second-order valence-electron chi connectivity index (χ2n) is 6.16. The summed E-state index contributed by atoms with van der Waals surface area (Å²) < 4.78 is 0. The van der Waals surface area contributed by atoms with Crippen LogP contribution in [0, 0.1) is 0 Å². The molecule has 0 aliphatic carbocycles. The van der Waals surface area contributed by atoms with Crippen LogP contribution in [0.4, 0.5) is 0 Å². The van der Waals surface area contributed by atoms with Crippen molar-refractivity contribution in [3.8, 4) is 5.75 Å². The Kier molecular flexibility index (Phi) is 7.28. The molecule has 0 unspecified atom stereocenters. The van der Waals surface area contributed by atoms with Crippen molar-refractivity contribution in [2.75, 3.05) is 12.3 Å². The zero-order valence-electron chi connectivity index (χ0n) is 14.1. The molecule has 2 rings (SSSR count). The molecule has 0 spiro atoms. The SMILES string of the molecule is O=C(O)[C@H](Cc1ccc(O)cc1)NC(=O)[C@H](CS)NC(=O)[C@@H]1CCCN1. The third-order valence-corrected chi connectivity index (χ3v) is 4.55. The molecule has 1 saturated heterocycles. The predicted molar refractivity (Wildman–Crippen MR) is 98.2 cm³/mol. The van der Waals surface area contributed by atoms with Gasteiger partial charge in [-0.05, 0) is 37.1 Å². The number of aromatic hydroxyl groups is 1. The number of thiol groups is 1. The third kappa shape index (κ3) is 5.63. The van der Waals surface area contributed by atoms with Gasteiger partial charge in [0, 0.05) is 12.2 Å². The first-order valence-corrected chi connectivity index (χ1v) is 8.99. The van der Waals surface area contributed by atoms with E-state index < -0.39 is 24.0 Å². The lowest BCUT2D eigenvalue weighted by atomic mass is 10.1. The monoisotopic (exact) mass is 381 g/mol. The van der Waals surface area contributed by atoms with Gasteiger partial charge in [0.15, 0.2) is 0 Å². The Labute approximate surface area is 156 Å². The molecule has 142 valence electrons. The highest BCUT2D eigenvalue weighted by Crippen LogP contribution is 2.12. The van der Waals surface area contributed by atoms with Crippen LogP contribution in [0.25, 0.3) is 0 Å². The van der Waals surface area contributed by atoms with Gasteiger partial charge in [0.1, 0.15) is 17.8 Å². The normalized spacial score (nSPS) is 18.7. The fourth-order valence-corrected chi connectivity index (χ4v) is 2.97. The number of aliphatic carboxylic acids is 1. The second kappa shape index (κ2) is 9.44. The van der Waals surface area contributed by atoms with Crippen molar-refractivity contribution in [1.29, 1.82) is 0 Å². The average Bonchev–Trinajstić information content (AvgIpc) is 3.15. The minimum absolute atomic E-state index is 0.0514. The first-order chi connectivity index (χ1) is 12.4. The first-order valence-electron chi connectivity index (χ1n) is 8.36. The fourth-order valence-electron chi connectivity index (χ4n) is 2.71. The summed E-state index contributed by atoms with van der Waals surface area (Å²) in [5.41, 5.74) is 0.650. The summed E-state index contributed by atoms with van der Waals surface area (Å²) in [4.78, 5) is 36.0. The molecule has 1 aromatic carbocycles. The zero-order chi connectivity index (χ0) is 19.1. The van der Waals surface area contributed by atoms with Crippen molar-refractivity contribution in [1.82, 2.24) is 16.0 Å². The highest BCUT2D eigenvalue weighted by molar-refractivity contribution is 7.80. The van der Waals surface area contributed by atoms with E-state index in [-0.39, 0.29) is 29.9 Å². The highest BCUT2D eigenvalue weighted by Gasteiger charge is 2.29. The highest BCUT2D eigenvalue weighted by atomic mass is 32.1. The maximum Gasteiger partial charge on any atom is 0.326 e. The maximum atomic E-state index is 12.4. The lowest BCUT2D eigenvalue weighted by molar-refractivity contribution is -0.142. The van der Waals surface area contributed by atoms with E-state index in [2.05, 4.69) is 28.6 Å². The molecule has 1 aromatic rings. The van der Waals surface area contributed by atoms with Gasteiger partial charge in [-0.2, -0.15) is 12.6 Å². The van der Waals surface area contributed by atoms with Crippen molar-refractivity contribution in [2.45, 2.75) is 37.4 Å². The minimum atomic E-state index is -1.19. The molecular weight excluding hydrogens is 358 g/mol. The molecule has 9 heteroatoms. The quantitative estimate of drug-likeness (QED) is 0.342. The Morgan fingerprint density at radius 3 is 2.42 bits per heavy atom. The number of rotatable bonds is 8. The van der Waals surface area contributed by atoms with E-state index in [0.717, 1.165) is 13.0 Å². The number of hydrogen-bond donors (Lipinski definition) is 6. The lowest BCUT2D eigenvalue weighted by Gasteiger charge is -2.21. The van der Waals surface area contributed by atoms with Gasteiger partial charge in [-0.15, -0.1) is 0 Å². The molecular formula is C17H23N3O5S. The van der Waals surface area contributed by atoms with E-state index in [0.29, 0.717) is 12.0 Å². The van der Waals surface area contributed by atoms with Gasteiger partial charge in [-0.1, -0.05) is 12.1 Å². The van der Waals surface area contributed by atoms with E-state index in [9.17, 15) is 24.6 Å². The van der Waals surface area contributed by atoms with Gasteiger partial charge in [-0.25, -0.2) is 4.79 Å². The van der Waals surface area contributed by atoms with Crippen LogP contribution in [0.1, 0.15) is 18.4 Å². The predicted octanol–water partition coefficient (Wildman–Crippen LogP) is -0.329. The number of amides is 2. The van der Waals surface area contributed by atoms with Gasteiger partial charge in [-0.3, -0.25) is 9.59 Å². The van der Waals surface area contributed by atoms with Gasteiger partial charge in [0.2, 0.25) is 11.8 Å². The lowest BCUT2D eigenvalue weighted by Crippen LogP contribution is -2.55. The molecule has 0 bridgehead atoms. The molecule has 0 saturated carbocycles. The molecule has 5 N–H and O–H groups in total. The number of phenolic OH excluding ortho intramolecular Hbond substituents is 1. The van der Waals surface area contributed by atoms with E-state index in [1.165, 1.54) is 12.1 Å². The third-order valence-electron chi connectivity index (χ3n) is 4.18. The van der Waals surface area contributed by atoms with Crippen LogP contribution in [-0.2, 0) is 20.8 Å². The van der Waals surface area contributed by atoms with Crippen LogP contribution in [-0.4, -0.2) is 58.4 Å². The van der Waals surface area contributed by atoms with Gasteiger partial charge in [0.25, 0.3) is 0 Å². The summed E-state index contributed by atoms with van der Waals surface area (Å²) in [7, 11) is 0. The number of carbonyl (C=O) groups is 3. The Balaban J connectivity index is 1.96. The number of carboxylic acids is 1. The largest absolute Gasteiger partial charge is 0.508 e. The molecule has 2 amide bonds. The van der Waals surface area contributed by atoms with Crippen LogP contribution in [0.15, 0.2) is 24.3 Å². The fraction of sp³-hybridized carbons (Fsp3) is 0.471. The molecule has 0 aromatic heterocycles. The standard InChI is InChI=1S/C17H23N3O5S/c21-11-5-3-10(4-6-11)8-13(17(24)25)19-16(23)14(9-26)20-15(22)12-2-1-7-18-12/h3-6,12-14,18,21,26H,1-2,7-9H2,(H,19,23)(H,20,22)(H,24,25)/t12-,13-,14-/m0/s1. The molecule has 1 fully saturated rings. The summed E-state index contributed by atoms with van der Waals surface area (Å²) in [6.07, 6.45) is 1.65. The first kappa shape index (κ1) is 20.1. The average molecular weight is 381 g/mol. The van der Waals surface area contributed by atoms with E-state index in [1.54, 1.807) is 12.1 Å². The molecule has 1 heterocycles. The number of carbonyl (C=O) groups excluding carboxylic acids is 2. The Morgan fingerprint density at radius 1 is 1.19 bits per heavy atom. The number of benzene rings is 1. The summed E-state index contributed by atoms with van der Waals surface area (Å²) in [5.74, 6) is -1.95. The topological polar surface area (TPSA) is 128 Å². The number of carboxylic acid groups (broad SMARTS) is 1. The maximum absolute atomic E-state index is 12.4. The number of phenols is 1.